The lowest BCUT2D eigenvalue weighted by Gasteiger charge is -2.21. The molecule has 0 aliphatic carbocycles. The number of nitrogens with zero attached hydrogens (tertiary/aromatic N) is 2. The topological polar surface area (TPSA) is 49.9 Å². The van der Waals surface area contributed by atoms with Crippen molar-refractivity contribution >= 4 is 40.1 Å². The summed E-state index contributed by atoms with van der Waals surface area (Å²) in [7, 11) is 1.56. The zero-order chi connectivity index (χ0) is 20.0. The Bertz CT molecular complexity index is 1150. The van der Waals surface area contributed by atoms with Gasteiger partial charge in [0.15, 0.2) is 0 Å². The van der Waals surface area contributed by atoms with E-state index in [-0.39, 0.29) is 11.8 Å². The molecule has 3 heterocycles. The van der Waals surface area contributed by atoms with Crippen LogP contribution in [-0.2, 0) is 16.0 Å². The molecule has 0 fully saturated rings. The van der Waals surface area contributed by atoms with Crippen molar-refractivity contribution in [2.45, 2.75) is 6.42 Å². The van der Waals surface area contributed by atoms with Gasteiger partial charge in [0.05, 0.1) is 18.4 Å². The van der Waals surface area contributed by atoms with Crippen LogP contribution in [0.1, 0.15) is 10.4 Å². The predicted octanol–water partition coefficient (Wildman–Crippen LogP) is 4.10. The minimum absolute atomic E-state index is 0.301. The maximum absolute atomic E-state index is 13.6. The second kappa shape index (κ2) is 6.90. The number of amides is 2. The number of imide groups is 1. The lowest BCUT2D eigenvalue weighted by atomic mass is 10.1. The zero-order valence-electron chi connectivity index (χ0n) is 15.8. The van der Waals surface area contributed by atoms with E-state index in [0.717, 1.165) is 17.0 Å². The van der Waals surface area contributed by atoms with Crippen LogP contribution >= 0.6 is 11.3 Å². The summed E-state index contributed by atoms with van der Waals surface area (Å²) in [5.74, 6) is -0.00539. The van der Waals surface area contributed by atoms with Crippen molar-refractivity contribution in [2.24, 2.45) is 0 Å². The van der Waals surface area contributed by atoms with E-state index < -0.39 is 0 Å². The number of methoxy groups -OCH3 is 1. The zero-order valence-corrected chi connectivity index (χ0v) is 16.6. The number of carbonyl (C=O) groups is 2. The van der Waals surface area contributed by atoms with Gasteiger partial charge >= 0.3 is 0 Å². The molecule has 2 aromatic carbocycles. The molecule has 0 saturated heterocycles. The summed E-state index contributed by atoms with van der Waals surface area (Å²) in [6.45, 7) is 0.675. The van der Waals surface area contributed by atoms with E-state index in [1.54, 1.807) is 31.4 Å². The van der Waals surface area contributed by atoms with Crippen LogP contribution in [0.5, 0.6) is 5.75 Å². The van der Waals surface area contributed by atoms with Crippen molar-refractivity contribution in [3.8, 4) is 5.75 Å². The third kappa shape index (κ3) is 2.76. The summed E-state index contributed by atoms with van der Waals surface area (Å²) in [6, 6.07) is 18.9. The molecule has 0 unspecified atom stereocenters. The van der Waals surface area contributed by atoms with E-state index in [2.05, 4.69) is 6.07 Å². The number of para-hydroxylation sites is 1. The molecule has 2 aliphatic heterocycles. The molecule has 0 spiro atoms. The van der Waals surface area contributed by atoms with Crippen LogP contribution in [0.3, 0.4) is 0 Å². The predicted molar refractivity (Wildman–Crippen MR) is 114 cm³/mol. The highest BCUT2D eigenvalue weighted by Crippen LogP contribution is 2.41. The van der Waals surface area contributed by atoms with Gasteiger partial charge in [-0.2, -0.15) is 0 Å². The van der Waals surface area contributed by atoms with Gasteiger partial charge in [0, 0.05) is 23.2 Å². The molecular weight excluding hydrogens is 384 g/mol. The van der Waals surface area contributed by atoms with Gasteiger partial charge in [-0.25, -0.2) is 4.90 Å². The van der Waals surface area contributed by atoms with Gasteiger partial charge < -0.3 is 9.64 Å². The number of anilines is 2. The van der Waals surface area contributed by atoms with Gasteiger partial charge in [-0.1, -0.05) is 30.3 Å². The monoisotopic (exact) mass is 402 g/mol. The van der Waals surface area contributed by atoms with Crippen LogP contribution in [-0.4, -0.2) is 25.5 Å². The van der Waals surface area contributed by atoms with Gasteiger partial charge in [0.2, 0.25) is 0 Å². The third-order valence-electron chi connectivity index (χ3n) is 5.30. The first-order valence-corrected chi connectivity index (χ1v) is 10.2. The van der Waals surface area contributed by atoms with Crippen molar-refractivity contribution in [1.29, 1.82) is 0 Å². The maximum atomic E-state index is 13.6. The smallest absolute Gasteiger partial charge is 0.282 e. The average Bonchev–Trinajstić information content (AvgIpc) is 3.46. The number of hydrogen-bond donors (Lipinski definition) is 0. The number of thiophene rings is 1. The van der Waals surface area contributed by atoms with Crippen molar-refractivity contribution in [3.05, 3.63) is 82.2 Å². The van der Waals surface area contributed by atoms with Crippen molar-refractivity contribution < 1.29 is 14.3 Å². The fraction of sp³-hybridized carbons (Fsp3) is 0.130. The van der Waals surface area contributed by atoms with E-state index in [4.69, 9.17) is 4.74 Å². The largest absolute Gasteiger partial charge is 0.497 e. The summed E-state index contributed by atoms with van der Waals surface area (Å²) in [6.07, 6.45) is 0.845. The summed E-state index contributed by atoms with van der Waals surface area (Å²) < 4.78 is 5.29. The molecule has 0 radical (unpaired) electrons. The van der Waals surface area contributed by atoms with Crippen LogP contribution in [0.4, 0.5) is 11.4 Å². The molecule has 0 N–H and O–H groups in total. The second-order valence-corrected chi connectivity index (χ2v) is 7.83. The normalized spacial score (nSPS) is 16.0. The van der Waals surface area contributed by atoms with E-state index in [1.807, 2.05) is 40.6 Å². The number of rotatable bonds is 4. The van der Waals surface area contributed by atoms with Crippen molar-refractivity contribution in [3.63, 3.8) is 0 Å². The summed E-state index contributed by atoms with van der Waals surface area (Å²) in [5, 5.41) is 1.92. The Morgan fingerprint density at radius 1 is 0.966 bits per heavy atom. The summed E-state index contributed by atoms with van der Waals surface area (Å²) >= 11 is 1.47. The third-order valence-corrected chi connectivity index (χ3v) is 6.18. The van der Waals surface area contributed by atoms with Gasteiger partial charge in [0.25, 0.3) is 11.8 Å². The van der Waals surface area contributed by atoms with Crippen LogP contribution in [0.15, 0.2) is 71.7 Å². The van der Waals surface area contributed by atoms with E-state index in [1.165, 1.54) is 21.8 Å². The Kier molecular flexibility index (Phi) is 4.21. The molecule has 2 aliphatic rings. The minimum Gasteiger partial charge on any atom is -0.497 e. The fourth-order valence-corrected chi connectivity index (χ4v) is 4.73. The van der Waals surface area contributed by atoms with E-state index in [0.29, 0.717) is 29.3 Å². The van der Waals surface area contributed by atoms with Crippen LogP contribution in [0.2, 0.25) is 0 Å². The van der Waals surface area contributed by atoms with Crippen LogP contribution in [0, 0.1) is 0 Å². The van der Waals surface area contributed by atoms with Crippen molar-refractivity contribution in [2.75, 3.05) is 23.5 Å². The number of carbonyl (C=O) groups excluding carboxylic acids is 2. The Balaban J connectivity index is 1.66. The molecule has 2 amide bonds. The number of fused-ring (bicyclic) bond motifs is 1. The van der Waals surface area contributed by atoms with E-state index in [9.17, 15) is 9.59 Å². The number of ether oxygens (including phenoxy) is 1. The maximum Gasteiger partial charge on any atom is 0.282 e. The van der Waals surface area contributed by atoms with Crippen molar-refractivity contribution in [1.82, 2.24) is 0 Å². The molecule has 6 heteroatoms. The lowest BCUT2D eigenvalue weighted by Crippen LogP contribution is -2.34. The van der Waals surface area contributed by atoms with Gasteiger partial charge in [-0.3, -0.25) is 9.59 Å². The molecule has 0 bridgehead atoms. The molecule has 5 rings (SSSR count). The first kappa shape index (κ1) is 17.7. The molecule has 0 atom stereocenters. The average molecular weight is 402 g/mol. The quantitative estimate of drug-likeness (QED) is 0.617. The first-order valence-electron chi connectivity index (χ1n) is 9.35. The van der Waals surface area contributed by atoms with Crippen LogP contribution < -0.4 is 14.5 Å². The summed E-state index contributed by atoms with van der Waals surface area (Å²) in [5.41, 5.74) is 3.60. The summed E-state index contributed by atoms with van der Waals surface area (Å²) in [4.78, 5) is 31.1. The highest BCUT2D eigenvalue weighted by molar-refractivity contribution is 7.11. The molecule has 5 nitrogen and oxygen atoms in total. The molecular formula is C23H18N2O3S. The molecule has 3 aromatic rings. The first-order chi connectivity index (χ1) is 14.2. The molecule has 29 heavy (non-hydrogen) atoms. The minimum atomic E-state index is -0.302. The van der Waals surface area contributed by atoms with E-state index >= 15 is 0 Å². The Labute approximate surface area is 172 Å². The van der Waals surface area contributed by atoms with Gasteiger partial charge in [-0.15, -0.1) is 11.3 Å². The Morgan fingerprint density at radius 3 is 2.62 bits per heavy atom. The highest BCUT2D eigenvalue weighted by Gasteiger charge is 2.44. The van der Waals surface area contributed by atoms with Gasteiger partial charge in [-0.05, 0) is 41.6 Å². The fourth-order valence-electron chi connectivity index (χ4n) is 3.97. The molecule has 0 saturated carbocycles. The Morgan fingerprint density at radius 2 is 1.83 bits per heavy atom. The Hall–Kier alpha value is -3.38. The number of hydrogen-bond acceptors (Lipinski definition) is 5. The molecule has 144 valence electrons. The number of benzene rings is 2. The van der Waals surface area contributed by atoms with Gasteiger partial charge in [0.1, 0.15) is 11.4 Å². The SMILES string of the molecule is COc1cccc(N2C(=O)C(c3cccs3)=C(N3CCc4ccccc43)C2=O)c1. The second-order valence-electron chi connectivity index (χ2n) is 6.88. The molecule has 1 aromatic heterocycles. The lowest BCUT2D eigenvalue weighted by molar-refractivity contribution is -0.120. The standard InChI is InChI=1S/C23H18N2O3S/c1-28-17-8-4-7-16(14-17)25-22(26)20(19-10-5-13-29-19)21(23(25)27)24-12-11-15-6-2-3-9-18(15)24/h2-10,13-14H,11-12H2,1H3. The van der Waals surface area contributed by atoms with Crippen LogP contribution in [0.25, 0.3) is 5.57 Å². The highest BCUT2D eigenvalue weighted by atomic mass is 32.1.